The van der Waals surface area contributed by atoms with E-state index in [0.29, 0.717) is 18.2 Å². The van der Waals surface area contributed by atoms with E-state index in [1.165, 1.54) is 0 Å². The molecule has 1 aromatic heterocycles. The molecule has 0 aliphatic carbocycles. The Morgan fingerprint density at radius 3 is 2.75 bits per heavy atom. The summed E-state index contributed by atoms with van der Waals surface area (Å²) in [7, 11) is 4.02. The molecule has 5 heteroatoms. The van der Waals surface area contributed by atoms with E-state index in [9.17, 15) is 0 Å². The van der Waals surface area contributed by atoms with E-state index in [1.807, 2.05) is 56.6 Å². The van der Waals surface area contributed by atoms with Gasteiger partial charge in [0, 0.05) is 6.54 Å². The number of benzene rings is 1. The molecule has 20 heavy (non-hydrogen) atoms. The van der Waals surface area contributed by atoms with Gasteiger partial charge in [-0.2, -0.15) is 0 Å². The normalized spacial score (nSPS) is 11.4. The first-order chi connectivity index (χ1) is 9.66. The van der Waals surface area contributed by atoms with Crippen molar-refractivity contribution in [2.75, 3.05) is 20.6 Å². The van der Waals surface area contributed by atoms with Crippen molar-refractivity contribution < 1.29 is 9.26 Å². The number of rotatable bonds is 6. The summed E-state index contributed by atoms with van der Waals surface area (Å²) < 4.78 is 11.6. The smallest absolute Gasteiger partial charge is 0.269 e. The van der Waals surface area contributed by atoms with Crippen molar-refractivity contribution in [1.82, 2.24) is 10.1 Å². The molecule has 0 aliphatic rings. The van der Waals surface area contributed by atoms with Crippen LogP contribution in [0.3, 0.4) is 0 Å². The minimum atomic E-state index is 0.465. The third-order valence-electron chi connectivity index (χ3n) is 2.59. The molecule has 0 N–H and O–H groups in total. The average Bonchev–Trinajstić information content (AvgIpc) is 2.79. The fraction of sp³-hybridized carbons (Fsp3) is 0.267. The topological polar surface area (TPSA) is 38.5 Å². The third kappa shape index (κ3) is 4.21. The molecule has 106 valence electrons. The highest BCUT2D eigenvalue weighted by Crippen LogP contribution is 2.29. The third-order valence-corrected chi connectivity index (χ3v) is 3.32. The molecule has 0 fully saturated rings. The van der Waals surface area contributed by atoms with Crippen LogP contribution in [-0.2, 0) is 6.61 Å². The van der Waals surface area contributed by atoms with Gasteiger partial charge in [-0.25, -0.2) is 0 Å². The van der Waals surface area contributed by atoms with Crippen LogP contribution in [0.5, 0.6) is 5.88 Å². The summed E-state index contributed by atoms with van der Waals surface area (Å²) in [6.07, 6.45) is 3.89. The first-order valence-electron chi connectivity index (χ1n) is 6.30. The first kappa shape index (κ1) is 14.8. The molecule has 1 aromatic carbocycles. The molecule has 0 saturated heterocycles. The molecule has 0 atom stereocenters. The Morgan fingerprint density at radius 1 is 1.30 bits per heavy atom. The quantitative estimate of drug-likeness (QED) is 0.807. The fourth-order valence-corrected chi connectivity index (χ4v) is 1.96. The second-order valence-corrected chi connectivity index (χ2v) is 5.40. The van der Waals surface area contributed by atoms with Crippen LogP contribution in [0.2, 0.25) is 0 Å². The minimum absolute atomic E-state index is 0.465. The number of halogens is 1. The van der Waals surface area contributed by atoms with Crippen molar-refractivity contribution in [2.24, 2.45) is 0 Å². The van der Waals surface area contributed by atoms with E-state index in [-0.39, 0.29) is 0 Å². The second-order valence-electron chi connectivity index (χ2n) is 4.60. The zero-order chi connectivity index (χ0) is 14.4. The molecule has 0 saturated carbocycles. The Morgan fingerprint density at radius 2 is 2.05 bits per heavy atom. The lowest BCUT2D eigenvalue weighted by Crippen LogP contribution is -2.10. The van der Waals surface area contributed by atoms with E-state index in [4.69, 9.17) is 9.26 Å². The van der Waals surface area contributed by atoms with Crippen LogP contribution in [0.15, 0.2) is 45.4 Å². The Hall–Kier alpha value is -1.59. The maximum atomic E-state index is 5.63. The lowest BCUT2D eigenvalue weighted by molar-refractivity contribution is 0.268. The van der Waals surface area contributed by atoms with Crippen molar-refractivity contribution in [3.63, 3.8) is 0 Å². The zero-order valence-electron chi connectivity index (χ0n) is 11.5. The van der Waals surface area contributed by atoms with Gasteiger partial charge < -0.3 is 14.2 Å². The van der Waals surface area contributed by atoms with Crippen LogP contribution >= 0.6 is 15.9 Å². The molecule has 4 nitrogen and oxygen atoms in total. The largest absolute Gasteiger partial charge is 0.470 e. The van der Waals surface area contributed by atoms with Gasteiger partial charge >= 0.3 is 0 Å². The van der Waals surface area contributed by atoms with Crippen LogP contribution in [-0.4, -0.2) is 30.7 Å². The number of hydrogen-bond acceptors (Lipinski definition) is 4. The number of ether oxygens (including phenoxy) is 1. The molecule has 0 amide bonds. The summed E-state index contributed by atoms with van der Waals surface area (Å²) in [5, 5.41) is 3.92. The monoisotopic (exact) mass is 336 g/mol. The molecular formula is C15H17BrN2O2. The lowest BCUT2D eigenvalue weighted by atomic mass is 10.2. The maximum absolute atomic E-state index is 5.63. The Balaban J connectivity index is 1.96. The van der Waals surface area contributed by atoms with Gasteiger partial charge in [0.2, 0.25) is 0 Å². The molecule has 0 aliphatic heterocycles. The van der Waals surface area contributed by atoms with E-state index < -0.39 is 0 Å². The standard InChI is InChI=1S/C15H17BrN2O2/c1-18(2)10-6-9-13-14(16)15(17-20-13)19-11-12-7-4-3-5-8-12/h3-9H,10-11H2,1-2H3/b9-6+. The van der Waals surface area contributed by atoms with Gasteiger partial charge in [-0.1, -0.05) is 36.4 Å². The maximum Gasteiger partial charge on any atom is 0.269 e. The number of likely N-dealkylation sites (N-methyl/N-ethyl adjacent to an activating group) is 1. The average molecular weight is 337 g/mol. The highest BCUT2D eigenvalue weighted by molar-refractivity contribution is 9.10. The molecule has 0 radical (unpaired) electrons. The highest BCUT2D eigenvalue weighted by Gasteiger charge is 2.12. The zero-order valence-corrected chi connectivity index (χ0v) is 13.1. The predicted octanol–water partition coefficient (Wildman–Crippen LogP) is 3.59. The lowest BCUT2D eigenvalue weighted by Gasteiger charge is -2.03. The number of hydrogen-bond donors (Lipinski definition) is 0. The minimum Gasteiger partial charge on any atom is -0.470 e. The second kappa shape index (κ2) is 7.26. The molecule has 2 aromatic rings. The van der Waals surface area contributed by atoms with Crippen LogP contribution < -0.4 is 4.74 Å². The van der Waals surface area contributed by atoms with Crippen LogP contribution in [0.25, 0.3) is 6.08 Å². The van der Waals surface area contributed by atoms with Crippen molar-refractivity contribution in [1.29, 1.82) is 0 Å². The van der Waals surface area contributed by atoms with Gasteiger partial charge in [0.05, 0.1) is 0 Å². The summed E-state index contributed by atoms with van der Waals surface area (Å²) in [6, 6.07) is 9.94. The van der Waals surface area contributed by atoms with Crippen LogP contribution in [0.4, 0.5) is 0 Å². The van der Waals surface area contributed by atoms with Gasteiger partial charge in [-0.15, -0.1) is 0 Å². The van der Waals surface area contributed by atoms with Crippen molar-refractivity contribution >= 4 is 22.0 Å². The van der Waals surface area contributed by atoms with Gasteiger partial charge in [-0.05, 0) is 46.8 Å². The Bertz CT molecular complexity index is 565. The molecule has 0 unspecified atom stereocenters. The van der Waals surface area contributed by atoms with E-state index in [2.05, 4.69) is 26.0 Å². The predicted molar refractivity (Wildman–Crippen MR) is 82.6 cm³/mol. The number of aromatic nitrogens is 1. The van der Waals surface area contributed by atoms with Gasteiger partial charge in [0.25, 0.3) is 5.88 Å². The summed E-state index contributed by atoms with van der Waals surface area (Å²) in [5.74, 6) is 1.13. The van der Waals surface area contributed by atoms with Crippen LogP contribution in [0, 0.1) is 0 Å². The van der Waals surface area contributed by atoms with Crippen molar-refractivity contribution in [3.05, 3.63) is 52.2 Å². The Labute approximate surface area is 127 Å². The SMILES string of the molecule is CN(C)C/C=C/c1onc(OCc2ccccc2)c1Br. The summed E-state index contributed by atoms with van der Waals surface area (Å²) >= 11 is 3.45. The van der Waals surface area contributed by atoms with Crippen LogP contribution in [0.1, 0.15) is 11.3 Å². The highest BCUT2D eigenvalue weighted by atomic mass is 79.9. The fourth-order valence-electron chi connectivity index (χ4n) is 1.57. The van der Waals surface area contributed by atoms with E-state index >= 15 is 0 Å². The summed E-state index contributed by atoms with van der Waals surface area (Å²) in [6.45, 7) is 1.31. The molecule has 2 rings (SSSR count). The summed E-state index contributed by atoms with van der Waals surface area (Å²) in [5.41, 5.74) is 1.09. The van der Waals surface area contributed by atoms with Gasteiger partial charge in [-0.3, -0.25) is 0 Å². The van der Waals surface area contributed by atoms with Crippen molar-refractivity contribution in [3.8, 4) is 5.88 Å². The molecule has 0 bridgehead atoms. The molecule has 0 spiro atoms. The van der Waals surface area contributed by atoms with E-state index in [0.717, 1.165) is 16.6 Å². The van der Waals surface area contributed by atoms with Gasteiger partial charge in [0.15, 0.2) is 5.76 Å². The molecular weight excluding hydrogens is 320 g/mol. The van der Waals surface area contributed by atoms with Crippen molar-refractivity contribution in [2.45, 2.75) is 6.61 Å². The van der Waals surface area contributed by atoms with Gasteiger partial charge in [0.1, 0.15) is 11.1 Å². The summed E-state index contributed by atoms with van der Waals surface area (Å²) in [4.78, 5) is 2.06. The Kier molecular flexibility index (Phi) is 5.38. The first-order valence-corrected chi connectivity index (χ1v) is 7.09. The number of nitrogens with zero attached hydrogens (tertiary/aromatic N) is 2. The molecule has 1 heterocycles. The van der Waals surface area contributed by atoms with E-state index in [1.54, 1.807) is 0 Å².